The van der Waals surface area contributed by atoms with Crippen LogP contribution in [0.5, 0.6) is 0 Å². The summed E-state index contributed by atoms with van der Waals surface area (Å²) < 4.78 is 0. The van der Waals surface area contributed by atoms with E-state index in [9.17, 15) is 0 Å². The molecule has 0 bridgehead atoms. The summed E-state index contributed by atoms with van der Waals surface area (Å²) in [5, 5.41) is 0. The van der Waals surface area contributed by atoms with Crippen molar-refractivity contribution in [3.8, 4) is 0 Å². The van der Waals surface area contributed by atoms with Gasteiger partial charge in [-0.1, -0.05) is 111 Å². The van der Waals surface area contributed by atoms with Crippen molar-refractivity contribution in [1.29, 1.82) is 0 Å². The van der Waals surface area contributed by atoms with Crippen LogP contribution in [-0.4, -0.2) is 0 Å². The second kappa shape index (κ2) is 12.5. The first kappa shape index (κ1) is 31.4. The van der Waals surface area contributed by atoms with E-state index in [-0.39, 0.29) is 0 Å². The van der Waals surface area contributed by atoms with Crippen molar-refractivity contribution in [2.24, 2.45) is 64.1 Å². The Morgan fingerprint density at radius 1 is 0.707 bits per heavy atom. The molecule has 0 heterocycles. The molecule has 1 aromatic rings. The van der Waals surface area contributed by atoms with Gasteiger partial charge in [0.05, 0.1) is 0 Å². The Hall–Kier alpha value is -1.04. The third-order valence-corrected chi connectivity index (χ3v) is 13.7. The van der Waals surface area contributed by atoms with Gasteiger partial charge >= 0.3 is 0 Å². The molecule has 9 atom stereocenters. The van der Waals surface area contributed by atoms with Gasteiger partial charge in [-0.15, -0.1) is 6.58 Å². The number of fused-ring (bicyclic) bond motifs is 3. The quantitative estimate of drug-likeness (QED) is 0.264. The molecule has 0 amide bonds. The number of benzene rings is 1. The van der Waals surface area contributed by atoms with E-state index in [0.717, 1.165) is 53.3 Å². The van der Waals surface area contributed by atoms with Gasteiger partial charge in [0.15, 0.2) is 0 Å². The smallest absolute Gasteiger partial charge is 0.00180 e. The minimum Gasteiger partial charge on any atom is -0.103 e. The fourth-order valence-electron chi connectivity index (χ4n) is 11.6. The van der Waals surface area contributed by atoms with E-state index >= 15 is 0 Å². The molecule has 1 aromatic carbocycles. The summed E-state index contributed by atoms with van der Waals surface area (Å²) in [6.07, 6.45) is 22.3. The lowest BCUT2D eigenvalue weighted by atomic mass is 9.51. The van der Waals surface area contributed by atoms with E-state index in [1.807, 2.05) is 0 Å². The van der Waals surface area contributed by atoms with Gasteiger partial charge in [0.25, 0.3) is 0 Å². The third-order valence-electron chi connectivity index (χ3n) is 13.7. The first-order valence-electron chi connectivity index (χ1n) is 18.2. The van der Waals surface area contributed by atoms with Crippen LogP contribution >= 0.6 is 0 Å². The molecular formula is C41H66. The molecule has 41 heavy (non-hydrogen) atoms. The molecule has 0 radical (unpaired) electrons. The second-order valence-corrected chi connectivity index (χ2v) is 17.7. The summed E-state index contributed by atoms with van der Waals surface area (Å²) in [5.41, 5.74) is 2.86. The summed E-state index contributed by atoms with van der Waals surface area (Å²) in [5.74, 6) is 8.11. The number of hydrogen-bond acceptors (Lipinski definition) is 0. The van der Waals surface area contributed by atoms with Gasteiger partial charge in [-0.2, -0.15) is 0 Å². The summed E-state index contributed by atoms with van der Waals surface area (Å²) in [4.78, 5) is 0. The van der Waals surface area contributed by atoms with Crippen LogP contribution in [0, 0.1) is 64.1 Å². The maximum absolute atomic E-state index is 4.32. The predicted octanol–water partition coefficient (Wildman–Crippen LogP) is 12.3. The highest BCUT2D eigenvalue weighted by Gasteiger charge is 2.62. The Kier molecular flexibility index (Phi) is 9.59. The molecule has 0 spiro atoms. The Balaban J connectivity index is 1.64. The fraction of sp³-hybridized carbons (Fsp3) is 0.805. The SMILES string of the molecule is C=CCCC(c1ccccc1)(C1CCC(CCCC)C1)C1C2CC(C(C)(C)C)CCC2C2CCC(C(C)(C)C)CC21. The predicted molar refractivity (Wildman–Crippen MR) is 179 cm³/mol. The van der Waals surface area contributed by atoms with Crippen molar-refractivity contribution < 1.29 is 0 Å². The van der Waals surface area contributed by atoms with Crippen LogP contribution in [0.15, 0.2) is 43.0 Å². The molecule has 4 saturated carbocycles. The zero-order valence-electron chi connectivity index (χ0n) is 28.3. The Bertz CT molecular complexity index is 936. The van der Waals surface area contributed by atoms with Crippen LogP contribution in [0.1, 0.15) is 144 Å². The van der Waals surface area contributed by atoms with Crippen LogP contribution in [0.25, 0.3) is 0 Å². The molecule has 0 aromatic heterocycles. The van der Waals surface area contributed by atoms with Gasteiger partial charge in [-0.25, -0.2) is 0 Å². The van der Waals surface area contributed by atoms with Gasteiger partial charge < -0.3 is 0 Å². The molecule has 0 saturated heterocycles. The first-order chi connectivity index (χ1) is 19.5. The topological polar surface area (TPSA) is 0 Å². The molecule has 4 aliphatic carbocycles. The van der Waals surface area contributed by atoms with Crippen molar-refractivity contribution in [2.75, 3.05) is 0 Å². The number of hydrogen-bond donors (Lipinski definition) is 0. The largest absolute Gasteiger partial charge is 0.103 e. The maximum atomic E-state index is 4.32. The minimum atomic E-state index is 0.304. The van der Waals surface area contributed by atoms with E-state index in [1.165, 1.54) is 89.9 Å². The molecule has 0 heteroatoms. The Labute approximate surface area is 255 Å². The second-order valence-electron chi connectivity index (χ2n) is 17.7. The summed E-state index contributed by atoms with van der Waals surface area (Å²) in [6.45, 7) is 22.0. The number of unbranched alkanes of at least 4 members (excludes halogenated alkanes) is 1. The maximum Gasteiger partial charge on any atom is 0.00180 e. The van der Waals surface area contributed by atoms with Crippen molar-refractivity contribution >= 4 is 0 Å². The normalized spacial score (nSPS) is 37.3. The summed E-state index contributed by atoms with van der Waals surface area (Å²) in [7, 11) is 0. The average Bonchev–Trinajstić information content (AvgIpc) is 3.55. The van der Waals surface area contributed by atoms with Gasteiger partial charge in [-0.3, -0.25) is 0 Å². The van der Waals surface area contributed by atoms with Crippen molar-refractivity contribution in [1.82, 2.24) is 0 Å². The molecule has 5 rings (SSSR count). The fourth-order valence-corrected chi connectivity index (χ4v) is 11.6. The highest BCUT2D eigenvalue weighted by Crippen LogP contribution is 2.68. The lowest BCUT2D eigenvalue weighted by molar-refractivity contribution is 0.0198. The third kappa shape index (κ3) is 6.16. The number of allylic oxidation sites excluding steroid dienone is 1. The first-order valence-corrected chi connectivity index (χ1v) is 18.2. The van der Waals surface area contributed by atoms with Crippen molar-refractivity contribution in [3.63, 3.8) is 0 Å². The minimum absolute atomic E-state index is 0.304. The van der Waals surface area contributed by atoms with Crippen molar-refractivity contribution in [2.45, 2.75) is 144 Å². The van der Waals surface area contributed by atoms with E-state index < -0.39 is 0 Å². The molecule has 9 unspecified atom stereocenters. The molecule has 4 fully saturated rings. The number of rotatable bonds is 9. The Morgan fingerprint density at radius 2 is 1.27 bits per heavy atom. The standard InChI is InChI=1S/C41H66/c1-9-11-16-29-19-20-33(26-29)41(25-12-10-2,30-17-14-13-15-18-30)38-36-27-31(39(3,4)5)21-23-34(36)35-24-22-32(28-37(35)38)40(6,7)8/h10,13-15,17-18,29,31-38H,2,9,11-12,16,19-28H2,1,3-8H3. The highest BCUT2D eigenvalue weighted by atomic mass is 14.7. The lowest BCUT2D eigenvalue weighted by Crippen LogP contribution is -2.48. The lowest BCUT2D eigenvalue weighted by Gasteiger charge is -2.53. The van der Waals surface area contributed by atoms with E-state index in [4.69, 9.17) is 0 Å². The summed E-state index contributed by atoms with van der Waals surface area (Å²) in [6, 6.07) is 12.2. The highest BCUT2D eigenvalue weighted by molar-refractivity contribution is 5.31. The van der Waals surface area contributed by atoms with Crippen LogP contribution < -0.4 is 0 Å². The van der Waals surface area contributed by atoms with Crippen LogP contribution in [0.2, 0.25) is 0 Å². The molecule has 230 valence electrons. The zero-order valence-corrected chi connectivity index (χ0v) is 28.3. The molecule has 0 N–H and O–H groups in total. The van der Waals surface area contributed by atoms with Crippen LogP contribution in [0.3, 0.4) is 0 Å². The van der Waals surface area contributed by atoms with Crippen LogP contribution in [0.4, 0.5) is 0 Å². The summed E-state index contributed by atoms with van der Waals surface area (Å²) >= 11 is 0. The zero-order chi connectivity index (χ0) is 29.4. The van der Waals surface area contributed by atoms with E-state index in [1.54, 1.807) is 5.56 Å². The molecule has 4 aliphatic rings. The van der Waals surface area contributed by atoms with Gasteiger partial charge in [0.1, 0.15) is 0 Å². The van der Waals surface area contributed by atoms with Crippen molar-refractivity contribution in [3.05, 3.63) is 48.6 Å². The van der Waals surface area contributed by atoms with Gasteiger partial charge in [0, 0.05) is 5.41 Å². The molecule has 0 aliphatic heterocycles. The van der Waals surface area contributed by atoms with Crippen LogP contribution in [-0.2, 0) is 5.41 Å². The molecular weight excluding hydrogens is 492 g/mol. The van der Waals surface area contributed by atoms with Gasteiger partial charge in [-0.05, 0) is 134 Å². The monoisotopic (exact) mass is 559 g/mol. The van der Waals surface area contributed by atoms with E-state index in [0.29, 0.717) is 16.2 Å². The van der Waals surface area contributed by atoms with Gasteiger partial charge in [0.2, 0.25) is 0 Å². The van der Waals surface area contributed by atoms with E-state index in [2.05, 4.69) is 91.5 Å². The average molecular weight is 559 g/mol. The Morgan fingerprint density at radius 3 is 1.78 bits per heavy atom. The molecule has 0 nitrogen and oxygen atoms in total.